The second kappa shape index (κ2) is 14.5. The lowest BCUT2D eigenvalue weighted by atomic mass is 9.88. The van der Waals surface area contributed by atoms with E-state index in [0.29, 0.717) is 12.1 Å². The Kier molecular flexibility index (Phi) is 13.8. The fraction of sp³-hybridized carbons (Fsp3) is 0.741. The Morgan fingerprint density at radius 3 is 1.97 bits per heavy atom. The number of carbonyl (C=O) groups is 1. The van der Waals surface area contributed by atoms with Gasteiger partial charge in [-0.1, -0.05) is 46.5 Å². The Hall–Kier alpha value is -1.59. The first kappa shape index (κ1) is 30.4. The molecule has 2 rings (SSSR count). The molecule has 0 amide bonds. The molecule has 1 aliphatic rings. The first-order valence-corrected chi connectivity index (χ1v) is 12.2. The van der Waals surface area contributed by atoms with E-state index >= 15 is 0 Å². The molecule has 0 spiro atoms. The summed E-state index contributed by atoms with van der Waals surface area (Å²) in [5.74, 6) is 1.21. The fourth-order valence-electron chi connectivity index (χ4n) is 3.10. The molecule has 184 valence electrons. The van der Waals surface area contributed by atoms with Gasteiger partial charge in [-0.25, -0.2) is 0 Å². The first-order chi connectivity index (χ1) is 14.7. The summed E-state index contributed by atoms with van der Waals surface area (Å²) < 4.78 is 0. The Labute approximate surface area is 196 Å². The van der Waals surface area contributed by atoms with Gasteiger partial charge in [0, 0.05) is 18.6 Å². The Morgan fingerprint density at radius 1 is 1.09 bits per heavy atom. The fourth-order valence-corrected chi connectivity index (χ4v) is 3.10. The molecule has 1 heterocycles. The van der Waals surface area contributed by atoms with Crippen LogP contribution in [0, 0.1) is 12.8 Å². The van der Waals surface area contributed by atoms with E-state index in [1.807, 2.05) is 32.9 Å². The zero-order valence-electron chi connectivity index (χ0n) is 22.1. The van der Waals surface area contributed by atoms with Crippen LogP contribution in [-0.4, -0.2) is 32.3 Å². The van der Waals surface area contributed by atoms with E-state index in [2.05, 4.69) is 23.8 Å². The molecule has 1 aromatic rings. The quantitative estimate of drug-likeness (QED) is 0.427. The summed E-state index contributed by atoms with van der Waals surface area (Å²) in [7, 11) is 0. The SMILES string of the molecule is CC1CCC1.CCCC(=O)CC(C)(C)O.CCCC(C)=Nc1ccc(C(C)(C)O)nc1C. The minimum atomic E-state index is -0.897. The molecular weight excluding hydrogens is 400 g/mol. The summed E-state index contributed by atoms with van der Waals surface area (Å²) in [5, 5.41) is 19.1. The van der Waals surface area contributed by atoms with Crippen molar-refractivity contribution in [1.29, 1.82) is 0 Å². The number of pyridine rings is 1. The summed E-state index contributed by atoms with van der Waals surface area (Å²) in [6.45, 7) is 17.1. The van der Waals surface area contributed by atoms with Crippen LogP contribution >= 0.6 is 0 Å². The van der Waals surface area contributed by atoms with Gasteiger partial charge in [0.2, 0.25) is 0 Å². The Balaban J connectivity index is 0.000000536. The zero-order chi connectivity index (χ0) is 24.9. The van der Waals surface area contributed by atoms with Crippen LogP contribution in [0.25, 0.3) is 0 Å². The van der Waals surface area contributed by atoms with Crippen LogP contribution in [0.15, 0.2) is 17.1 Å². The molecule has 32 heavy (non-hydrogen) atoms. The van der Waals surface area contributed by atoms with Crippen LogP contribution in [0.2, 0.25) is 0 Å². The van der Waals surface area contributed by atoms with Crippen LogP contribution in [0.1, 0.15) is 118 Å². The third-order valence-electron chi connectivity index (χ3n) is 5.16. The third kappa shape index (κ3) is 14.5. The maximum Gasteiger partial charge on any atom is 0.135 e. The molecule has 0 radical (unpaired) electrons. The number of Topliss-reactive ketones (excluding diaryl/α,β-unsaturated/α-hetero) is 1. The maximum absolute atomic E-state index is 10.9. The highest BCUT2D eigenvalue weighted by Crippen LogP contribution is 2.24. The van der Waals surface area contributed by atoms with E-state index < -0.39 is 11.2 Å². The number of aliphatic hydroxyl groups is 2. The minimum Gasteiger partial charge on any atom is -0.390 e. The van der Waals surface area contributed by atoms with E-state index in [1.165, 1.54) is 19.3 Å². The molecule has 0 aromatic carbocycles. The largest absolute Gasteiger partial charge is 0.390 e. The van der Waals surface area contributed by atoms with Gasteiger partial charge in [0.1, 0.15) is 11.4 Å². The molecular formula is C27H48N2O3. The topological polar surface area (TPSA) is 82.8 Å². The van der Waals surface area contributed by atoms with Crippen molar-refractivity contribution in [3.8, 4) is 0 Å². The van der Waals surface area contributed by atoms with Gasteiger partial charge in [-0.2, -0.15) is 0 Å². The number of aryl methyl sites for hydroxylation is 1. The monoisotopic (exact) mass is 448 g/mol. The molecule has 1 aliphatic carbocycles. The van der Waals surface area contributed by atoms with Crippen LogP contribution < -0.4 is 0 Å². The Morgan fingerprint density at radius 2 is 1.62 bits per heavy atom. The molecule has 0 aliphatic heterocycles. The first-order valence-electron chi connectivity index (χ1n) is 12.2. The molecule has 1 aromatic heterocycles. The number of hydrogen-bond acceptors (Lipinski definition) is 5. The van der Waals surface area contributed by atoms with E-state index in [4.69, 9.17) is 0 Å². The maximum atomic E-state index is 10.9. The second-order valence-electron chi connectivity index (χ2n) is 10.3. The van der Waals surface area contributed by atoms with Gasteiger partial charge in [0.15, 0.2) is 0 Å². The highest BCUT2D eigenvalue weighted by atomic mass is 16.3. The number of aromatic nitrogens is 1. The van der Waals surface area contributed by atoms with Crippen molar-refractivity contribution >= 4 is 17.2 Å². The van der Waals surface area contributed by atoms with Gasteiger partial charge < -0.3 is 10.2 Å². The van der Waals surface area contributed by atoms with Crippen LogP contribution in [0.5, 0.6) is 0 Å². The molecule has 1 saturated carbocycles. The number of ketones is 1. The number of nitrogens with zero attached hydrogens (tertiary/aromatic N) is 2. The summed E-state index contributed by atoms with van der Waals surface area (Å²) in [4.78, 5) is 19.8. The molecule has 0 unspecified atom stereocenters. The van der Waals surface area contributed by atoms with E-state index in [0.717, 1.165) is 42.3 Å². The van der Waals surface area contributed by atoms with Crippen molar-refractivity contribution in [2.75, 3.05) is 0 Å². The molecule has 5 heteroatoms. The second-order valence-corrected chi connectivity index (χ2v) is 10.3. The molecule has 0 atom stereocenters. The van der Waals surface area contributed by atoms with Crippen molar-refractivity contribution in [2.45, 2.75) is 125 Å². The normalized spacial score (nSPS) is 14.5. The Bertz CT molecular complexity index is 709. The van der Waals surface area contributed by atoms with Crippen LogP contribution in [0.4, 0.5) is 5.69 Å². The van der Waals surface area contributed by atoms with Crippen LogP contribution in [-0.2, 0) is 10.4 Å². The molecule has 0 bridgehead atoms. The predicted octanol–water partition coefficient (Wildman–Crippen LogP) is 6.83. The van der Waals surface area contributed by atoms with Crippen molar-refractivity contribution < 1.29 is 15.0 Å². The minimum absolute atomic E-state index is 0.148. The van der Waals surface area contributed by atoms with E-state index in [-0.39, 0.29) is 12.2 Å². The lowest BCUT2D eigenvalue weighted by Gasteiger charge is -2.18. The number of hydrogen-bond donors (Lipinski definition) is 2. The third-order valence-corrected chi connectivity index (χ3v) is 5.16. The van der Waals surface area contributed by atoms with Gasteiger partial charge in [-0.15, -0.1) is 0 Å². The smallest absolute Gasteiger partial charge is 0.135 e. The molecule has 2 N–H and O–H groups in total. The van der Waals surface area contributed by atoms with Crippen molar-refractivity contribution in [1.82, 2.24) is 4.98 Å². The van der Waals surface area contributed by atoms with Crippen LogP contribution in [0.3, 0.4) is 0 Å². The standard InChI is InChI=1S/C14H22N2O.C8H16O2.C5H10/c1-6-7-10(2)15-12-8-9-13(14(4,5)17)16-11(12)3;1-4-5-7(9)6-8(2,3)10;1-5-3-2-4-5/h8-9,17H,6-7H2,1-5H3;10H,4-6H2,1-3H3;5H,2-4H2,1H3. The summed E-state index contributed by atoms with van der Waals surface area (Å²) in [6, 6.07) is 3.76. The van der Waals surface area contributed by atoms with E-state index in [9.17, 15) is 15.0 Å². The van der Waals surface area contributed by atoms with Crippen molar-refractivity contribution in [3.05, 3.63) is 23.5 Å². The molecule has 5 nitrogen and oxygen atoms in total. The average Bonchev–Trinajstić information content (AvgIpc) is 2.61. The number of rotatable bonds is 8. The highest BCUT2D eigenvalue weighted by Gasteiger charge is 2.18. The number of aliphatic imine (C=N–C) groups is 1. The van der Waals surface area contributed by atoms with E-state index in [1.54, 1.807) is 27.7 Å². The summed E-state index contributed by atoms with van der Waals surface area (Å²) in [6.07, 6.45) is 8.30. The van der Waals surface area contributed by atoms with Gasteiger partial charge in [-0.05, 0) is 72.4 Å². The average molecular weight is 449 g/mol. The van der Waals surface area contributed by atoms with Gasteiger partial charge in [0.25, 0.3) is 0 Å². The zero-order valence-corrected chi connectivity index (χ0v) is 22.1. The summed E-state index contributed by atoms with van der Waals surface area (Å²) >= 11 is 0. The predicted molar refractivity (Wildman–Crippen MR) is 136 cm³/mol. The lowest BCUT2D eigenvalue weighted by Crippen LogP contribution is -2.22. The summed E-state index contributed by atoms with van der Waals surface area (Å²) in [5.41, 5.74) is 1.83. The molecule has 0 saturated heterocycles. The van der Waals surface area contributed by atoms with Crippen molar-refractivity contribution in [3.63, 3.8) is 0 Å². The number of carbonyl (C=O) groups excluding carboxylic acids is 1. The lowest BCUT2D eigenvalue weighted by molar-refractivity contribution is -0.122. The van der Waals surface area contributed by atoms with Gasteiger partial charge in [0.05, 0.1) is 22.7 Å². The van der Waals surface area contributed by atoms with Gasteiger partial charge in [-0.3, -0.25) is 14.8 Å². The highest BCUT2D eigenvalue weighted by molar-refractivity contribution is 5.84. The molecule has 1 fully saturated rings. The van der Waals surface area contributed by atoms with Crippen molar-refractivity contribution in [2.24, 2.45) is 10.9 Å². The van der Waals surface area contributed by atoms with Gasteiger partial charge >= 0.3 is 0 Å².